The Bertz CT molecular complexity index is 754. The highest BCUT2D eigenvalue weighted by molar-refractivity contribution is 9.13. The van der Waals surface area contributed by atoms with E-state index < -0.39 is 0 Å². The molecule has 1 aromatic carbocycles. The number of pyridine rings is 1. The van der Waals surface area contributed by atoms with Crippen molar-refractivity contribution in [3.05, 3.63) is 62.9 Å². The molecule has 2 heterocycles. The van der Waals surface area contributed by atoms with Crippen molar-refractivity contribution >= 4 is 37.5 Å². The van der Waals surface area contributed by atoms with Gasteiger partial charge in [0.05, 0.1) is 0 Å². The lowest BCUT2D eigenvalue weighted by atomic mass is 10.2. The smallest absolute Gasteiger partial charge is 0.160 e. The molecule has 108 valence electrons. The van der Waals surface area contributed by atoms with Gasteiger partial charge in [0.1, 0.15) is 5.82 Å². The molecule has 0 amide bonds. The second kappa shape index (κ2) is 6.68. The predicted octanol–water partition coefficient (Wildman–Crippen LogP) is 3.59. The Hall–Kier alpha value is -1.24. The zero-order valence-electron chi connectivity index (χ0n) is 11.3. The molecule has 0 spiro atoms. The molecule has 0 atom stereocenters. The Labute approximate surface area is 139 Å². The van der Waals surface area contributed by atoms with Crippen molar-refractivity contribution in [2.24, 2.45) is 0 Å². The maximum Gasteiger partial charge on any atom is 0.160 e. The summed E-state index contributed by atoms with van der Waals surface area (Å²) in [5.74, 6) is 0.982. The van der Waals surface area contributed by atoms with Crippen LogP contribution in [0.25, 0.3) is 5.65 Å². The summed E-state index contributed by atoms with van der Waals surface area (Å²) in [6, 6.07) is 12.2. The summed E-state index contributed by atoms with van der Waals surface area (Å²) in [7, 11) is 0. The van der Waals surface area contributed by atoms with Gasteiger partial charge in [0.15, 0.2) is 5.65 Å². The minimum absolute atomic E-state index is 0.836. The van der Waals surface area contributed by atoms with E-state index in [-0.39, 0.29) is 0 Å². The van der Waals surface area contributed by atoms with Gasteiger partial charge in [-0.3, -0.25) is 4.40 Å². The first kappa shape index (κ1) is 14.7. The van der Waals surface area contributed by atoms with Crippen molar-refractivity contribution < 1.29 is 0 Å². The van der Waals surface area contributed by atoms with Crippen LogP contribution in [0.4, 0.5) is 0 Å². The molecule has 21 heavy (non-hydrogen) atoms. The van der Waals surface area contributed by atoms with Crippen LogP contribution in [-0.2, 0) is 13.0 Å². The zero-order valence-corrected chi connectivity index (χ0v) is 14.4. The topological polar surface area (TPSA) is 42.2 Å². The molecule has 0 unspecified atom stereocenters. The molecule has 0 fully saturated rings. The number of benzene rings is 1. The summed E-state index contributed by atoms with van der Waals surface area (Å²) in [6.07, 6.45) is 2.85. The molecule has 1 N–H and O–H groups in total. The van der Waals surface area contributed by atoms with Gasteiger partial charge in [0.2, 0.25) is 0 Å². The summed E-state index contributed by atoms with van der Waals surface area (Å²) in [4.78, 5) is 0. The van der Waals surface area contributed by atoms with E-state index in [0.29, 0.717) is 0 Å². The summed E-state index contributed by atoms with van der Waals surface area (Å²) in [6.45, 7) is 1.70. The lowest BCUT2D eigenvalue weighted by Crippen LogP contribution is -2.17. The van der Waals surface area contributed by atoms with E-state index >= 15 is 0 Å². The van der Waals surface area contributed by atoms with E-state index in [0.717, 1.165) is 39.9 Å². The molecule has 0 radical (unpaired) electrons. The number of nitrogens with zero attached hydrogens (tertiary/aromatic N) is 3. The van der Waals surface area contributed by atoms with Crippen LogP contribution < -0.4 is 5.32 Å². The quantitative estimate of drug-likeness (QED) is 0.654. The second-order valence-corrected chi connectivity index (χ2v) is 6.43. The Morgan fingerprint density at radius 1 is 1.05 bits per heavy atom. The number of rotatable bonds is 5. The van der Waals surface area contributed by atoms with Crippen LogP contribution in [0.5, 0.6) is 0 Å². The fraction of sp³-hybridized carbons (Fsp3) is 0.200. The second-order valence-electron chi connectivity index (χ2n) is 4.72. The predicted molar refractivity (Wildman–Crippen MR) is 90.2 cm³/mol. The van der Waals surface area contributed by atoms with Crippen molar-refractivity contribution in [3.63, 3.8) is 0 Å². The highest BCUT2D eigenvalue weighted by Gasteiger charge is 2.04. The van der Waals surface area contributed by atoms with Gasteiger partial charge in [-0.15, -0.1) is 10.2 Å². The molecule has 0 aliphatic carbocycles. The van der Waals surface area contributed by atoms with Crippen molar-refractivity contribution in [1.82, 2.24) is 19.9 Å². The van der Waals surface area contributed by atoms with Crippen LogP contribution in [0.2, 0.25) is 0 Å². The van der Waals surface area contributed by atoms with Crippen molar-refractivity contribution in [2.45, 2.75) is 13.0 Å². The van der Waals surface area contributed by atoms with Gasteiger partial charge < -0.3 is 5.32 Å². The SMILES string of the molecule is Brc1ccc(CNCCc2nnc3ccccn23)cc1Br. The highest BCUT2D eigenvalue weighted by Crippen LogP contribution is 2.23. The maximum absolute atomic E-state index is 4.22. The molecular weight excluding hydrogens is 396 g/mol. The standard InChI is InChI=1S/C15H14Br2N4/c16-12-5-4-11(9-13(12)17)10-18-7-6-15-20-19-14-3-1-2-8-21(14)15/h1-5,8-9,18H,6-7,10H2. The molecule has 0 saturated carbocycles. The summed E-state index contributed by atoms with van der Waals surface area (Å²) < 4.78 is 4.17. The van der Waals surface area contributed by atoms with Crippen LogP contribution in [0.3, 0.4) is 0 Å². The van der Waals surface area contributed by atoms with E-state index in [1.807, 2.05) is 34.9 Å². The first-order chi connectivity index (χ1) is 10.2. The van der Waals surface area contributed by atoms with E-state index in [1.54, 1.807) is 0 Å². The Morgan fingerprint density at radius 3 is 2.81 bits per heavy atom. The third kappa shape index (κ3) is 3.51. The van der Waals surface area contributed by atoms with E-state index in [9.17, 15) is 0 Å². The van der Waals surface area contributed by atoms with Crippen LogP contribution >= 0.6 is 31.9 Å². The van der Waals surface area contributed by atoms with Crippen LogP contribution in [-0.4, -0.2) is 21.1 Å². The van der Waals surface area contributed by atoms with Crippen LogP contribution in [0.15, 0.2) is 51.5 Å². The molecule has 0 aliphatic rings. The van der Waals surface area contributed by atoms with Gasteiger partial charge in [-0.2, -0.15) is 0 Å². The van der Waals surface area contributed by atoms with Crippen molar-refractivity contribution in [3.8, 4) is 0 Å². The third-order valence-electron chi connectivity index (χ3n) is 3.22. The number of hydrogen-bond acceptors (Lipinski definition) is 3. The number of aromatic nitrogens is 3. The van der Waals surface area contributed by atoms with Gasteiger partial charge in [-0.25, -0.2) is 0 Å². The van der Waals surface area contributed by atoms with E-state index in [2.05, 4.69) is 59.5 Å². The normalized spacial score (nSPS) is 11.1. The molecule has 6 heteroatoms. The molecular formula is C15H14Br2N4. The zero-order chi connectivity index (χ0) is 14.7. The van der Waals surface area contributed by atoms with Gasteiger partial charge in [-0.05, 0) is 61.7 Å². The molecule has 3 aromatic rings. The van der Waals surface area contributed by atoms with Crippen molar-refractivity contribution in [1.29, 1.82) is 0 Å². The first-order valence-corrected chi connectivity index (χ1v) is 8.26. The van der Waals surface area contributed by atoms with Crippen LogP contribution in [0, 0.1) is 0 Å². The molecule has 2 aromatic heterocycles. The van der Waals surface area contributed by atoms with E-state index in [1.165, 1.54) is 5.56 Å². The lowest BCUT2D eigenvalue weighted by Gasteiger charge is -2.06. The minimum atomic E-state index is 0.836. The van der Waals surface area contributed by atoms with Crippen LogP contribution in [0.1, 0.15) is 11.4 Å². The van der Waals surface area contributed by atoms with Gasteiger partial charge in [-0.1, -0.05) is 12.1 Å². The highest BCUT2D eigenvalue weighted by atomic mass is 79.9. The number of fused-ring (bicyclic) bond motifs is 1. The third-order valence-corrected chi connectivity index (χ3v) is 5.10. The summed E-state index contributed by atoms with van der Waals surface area (Å²) in [5, 5.41) is 11.8. The summed E-state index contributed by atoms with van der Waals surface area (Å²) in [5.41, 5.74) is 2.14. The molecule has 0 saturated heterocycles. The van der Waals surface area contributed by atoms with E-state index in [4.69, 9.17) is 0 Å². The largest absolute Gasteiger partial charge is 0.312 e. The monoisotopic (exact) mass is 408 g/mol. The number of halogens is 2. The Balaban J connectivity index is 1.55. The van der Waals surface area contributed by atoms with Gasteiger partial charge in [0, 0.05) is 34.7 Å². The van der Waals surface area contributed by atoms with Gasteiger partial charge in [0.25, 0.3) is 0 Å². The fourth-order valence-corrected chi connectivity index (χ4v) is 2.82. The lowest BCUT2D eigenvalue weighted by molar-refractivity contribution is 0.666. The number of nitrogens with one attached hydrogen (secondary N) is 1. The molecule has 3 rings (SSSR count). The first-order valence-electron chi connectivity index (χ1n) is 6.67. The molecule has 4 nitrogen and oxygen atoms in total. The summed E-state index contributed by atoms with van der Waals surface area (Å²) >= 11 is 6.99. The molecule has 0 aliphatic heterocycles. The van der Waals surface area contributed by atoms with Crippen molar-refractivity contribution in [2.75, 3.05) is 6.54 Å². The maximum atomic E-state index is 4.22. The number of hydrogen-bond donors (Lipinski definition) is 1. The molecule has 0 bridgehead atoms. The average molecular weight is 410 g/mol. The Morgan fingerprint density at radius 2 is 1.95 bits per heavy atom. The van der Waals surface area contributed by atoms with Gasteiger partial charge >= 0.3 is 0 Å². The fourth-order valence-electron chi connectivity index (χ4n) is 2.14. The average Bonchev–Trinajstić information content (AvgIpc) is 2.91. The Kier molecular flexibility index (Phi) is 4.67. The minimum Gasteiger partial charge on any atom is -0.312 e.